The zero-order chi connectivity index (χ0) is 33.1. The van der Waals surface area contributed by atoms with Crippen molar-refractivity contribution in [3.8, 4) is 5.75 Å². The van der Waals surface area contributed by atoms with E-state index in [2.05, 4.69) is 25.4 Å². The molecule has 13 heteroatoms. The first kappa shape index (κ1) is 32.9. The maximum absolute atomic E-state index is 14.6. The van der Waals surface area contributed by atoms with E-state index in [0.717, 1.165) is 5.56 Å². The van der Waals surface area contributed by atoms with Gasteiger partial charge in [0, 0.05) is 63.3 Å². The van der Waals surface area contributed by atoms with Crippen molar-refractivity contribution in [2.75, 3.05) is 19.8 Å². The van der Waals surface area contributed by atoms with Gasteiger partial charge in [-0.15, -0.1) is 0 Å². The lowest BCUT2D eigenvalue weighted by molar-refractivity contribution is -0.128. The monoisotopic (exact) mass is 650 g/mol. The molecule has 0 fully saturated rings. The maximum Gasteiger partial charge on any atom is 0.252 e. The van der Waals surface area contributed by atoms with Crippen LogP contribution in [0, 0.1) is 0 Å². The lowest BCUT2D eigenvalue weighted by Crippen LogP contribution is -2.50. The molecule has 4 aromatic rings. The van der Waals surface area contributed by atoms with Gasteiger partial charge in [0.25, 0.3) is 5.91 Å². The van der Waals surface area contributed by atoms with Gasteiger partial charge in [-0.2, -0.15) is 0 Å². The molecule has 47 heavy (non-hydrogen) atoms. The minimum atomic E-state index is -1.62. The molecule has 1 heterocycles. The second-order valence-electron chi connectivity index (χ2n) is 10.7. The van der Waals surface area contributed by atoms with Crippen molar-refractivity contribution < 1.29 is 19.4 Å². The highest BCUT2D eigenvalue weighted by molar-refractivity contribution is 6.30. The number of hydrogen-bond donors (Lipinski definition) is 2. The third kappa shape index (κ3) is 7.84. The Bertz CT molecular complexity index is 1860. The van der Waals surface area contributed by atoms with Crippen molar-refractivity contribution in [3.05, 3.63) is 145 Å². The number of nitrogens with zero attached hydrogens (tertiary/aromatic N) is 7. The summed E-state index contributed by atoms with van der Waals surface area (Å²) in [7, 11) is 0. The third-order valence-corrected chi connectivity index (χ3v) is 7.83. The summed E-state index contributed by atoms with van der Waals surface area (Å²) in [4.78, 5) is 25.5. The average molecular weight is 651 g/mol. The van der Waals surface area contributed by atoms with Gasteiger partial charge >= 0.3 is 0 Å². The first-order chi connectivity index (χ1) is 23.0. The summed E-state index contributed by atoms with van der Waals surface area (Å²) in [6.45, 7) is 0.649. The number of rotatable bonds is 14. The molecule has 0 bridgehead atoms. The Hall–Kier alpha value is -5.51. The highest BCUT2D eigenvalue weighted by Gasteiger charge is 2.54. The lowest BCUT2D eigenvalue weighted by Gasteiger charge is -2.31. The molecular weight excluding hydrogens is 620 g/mol. The fraction of sp³-hybridized carbons (Fsp3) is 0.235. The average Bonchev–Trinajstić information content (AvgIpc) is 3.47. The molecular formula is C34H31ClN8O4. The van der Waals surface area contributed by atoms with Crippen LogP contribution in [-0.4, -0.2) is 42.2 Å². The SMILES string of the molecule is [N-]=[N+]=Nc1ccccc1C[C@@]1(C(=O)NCCc2cccc(Cl)c2)N=C(c2ccc(OCCCO)cc2)O[C@@H]1c1ccccc1N=[N+]=[N-]. The van der Waals surface area contributed by atoms with Crippen molar-refractivity contribution in [2.45, 2.75) is 30.9 Å². The van der Waals surface area contributed by atoms with E-state index in [9.17, 15) is 15.9 Å². The van der Waals surface area contributed by atoms with Crippen LogP contribution in [0.15, 0.2) is 112 Å². The molecule has 2 atom stereocenters. The topological polar surface area (TPSA) is 178 Å². The van der Waals surface area contributed by atoms with Crippen LogP contribution in [0.5, 0.6) is 5.75 Å². The predicted molar refractivity (Wildman–Crippen MR) is 179 cm³/mol. The van der Waals surface area contributed by atoms with Gasteiger partial charge in [-0.05, 0) is 65.0 Å². The van der Waals surface area contributed by atoms with Crippen LogP contribution in [0.25, 0.3) is 20.9 Å². The molecule has 1 aliphatic rings. The molecule has 1 amide bonds. The molecule has 0 unspecified atom stereocenters. The van der Waals surface area contributed by atoms with Crippen molar-refractivity contribution in [2.24, 2.45) is 15.2 Å². The summed E-state index contributed by atoms with van der Waals surface area (Å²) in [5.74, 6) is 0.355. The number of aliphatic hydroxyl groups is 1. The van der Waals surface area contributed by atoms with Crippen LogP contribution in [0.1, 0.15) is 34.8 Å². The number of ether oxygens (including phenoxy) is 2. The number of aliphatic imine (C=N–C) groups is 1. The molecule has 5 rings (SSSR count). The van der Waals surface area contributed by atoms with Gasteiger partial charge in [0.1, 0.15) is 5.75 Å². The van der Waals surface area contributed by atoms with E-state index in [4.69, 9.17) is 31.2 Å². The number of nitrogens with one attached hydrogen (secondary N) is 1. The third-order valence-electron chi connectivity index (χ3n) is 7.59. The smallest absolute Gasteiger partial charge is 0.252 e. The summed E-state index contributed by atoms with van der Waals surface area (Å²) in [5.41, 5.74) is 20.2. The lowest BCUT2D eigenvalue weighted by atomic mass is 9.81. The van der Waals surface area contributed by atoms with Gasteiger partial charge < -0.3 is 19.9 Å². The summed E-state index contributed by atoms with van der Waals surface area (Å²) >= 11 is 6.18. The minimum Gasteiger partial charge on any atom is -0.494 e. The second kappa shape index (κ2) is 15.7. The summed E-state index contributed by atoms with van der Waals surface area (Å²) in [6, 6.07) is 28.3. The Morgan fingerprint density at radius 2 is 1.70 bits per heavy atom. The number of hydrogen-bond acceptors (Lipinski definition) is 7. The molecule has 0 radical (unpaired) electrons. The Morgan fingerprint density at radius 3 is 2.45 bits per heavy atom. The normalized spacial score (nSPS) is 16.6. The summed E-state index contributed by atoms with van der Waals surface area (Å²) < 4.78 is 12.2. The van der Waals surface area contributed by atoms with Crippen molar-refractivity contribution in [1.82, 2.24) is 5.32 Å². The highest BCUT2D eigenvalue weighted by atomic mass is 35.5. The molecule has 238 valence electrons. The maximum atomic E-state index is 14.6. The van der Waals surface area contributed by atoms with Crippen LogP contribution >= 0.6 is 11.6 Å². The standard InChI is InChI=1S/C34H31ClN8O4/c35-26-9-5-7-23(21-26)17-18-38-33(45)34(22-25-8-1-3-11-29(25)40-42-36)31(28-10-2-4-12-30(28)41-43-37)47-32(39-34)24-13-15-27(16-14-24)46-20-6-19-44/h1-5,7-16,21,31,44H,6,17-20,22H2,(H,38,45)/t31-,34-/m1/s1. The molecule has 0 aliphatic carbocycles. The van der Waals surface area contributed by atoms with Gasteiger partial charge in [0.2, 0.25) is 5.90 Å². The zero-order valence-electron chi connectivity index (χ0n) is 25.2. The van der Waals surface area contributed by atoms with E-state index in [1.54, 1.807) is 78.9 Å². The fourth-order valence-electron chi connectivity index (χ4n) is 5.37. The van der Waals surface area contributed by atoms with Crippen molar-refractivity contribution >= 4 is 34.8 Å². The molecule has 1 aliphatic heterocycles. The summed E-state index contributed by atoms with van der Waals surface area (Å²) in [5, 5.41) is 20.5. The number of benzene rings is 4. The molecule has 0 saturated carbocycles. The number of azide groups is 2. The van der Waals surface area contributed by atoms with E-state index in [0.29, 0.717) is 52.6 Å². The van der Waals surface area contributed by atoms with Gasteiger partial charge in [0.05, 0.1) is 6.61 Å². The van der Waals surface area contributed by atoms with Crippen LogP contribution < -0.4 is 10.1 Å². The van der Waals surface area contributed by atoms with Gasteiger partial charge in [-0.3, -0.25) is 4.79 Å². The Kier molecular flexibility index (Phi) is 11.0. The predicted octanol–water partition coefficient (Wildman–Crippen LogP) is 7.84. The van der Waals surface area contributed by atoms with Crippen molar-refractivity contribution in [3.63, 3.8) is 0 Å². The number of amides is 1. The molecule has 0 aromatic heterocycles. The molecule has 4 aromatic carbocycles. The van der Waals surface area contributed by atoms with Gasteiger partial charge in [-0.1, -0.05) is 82.5 Å². The van der Waals surface area contributed by atoms with E-state index >= 15 is 0 Å². The van der Waals surface area contributed by atoms with E-state index in [1.807, 2.05) is 18.2 Å². The second-order valence-corrected chi connectivity index (χ2v) is 11.1. The number of carbonyl (C=O) groups is 1. The van der Waals surface area contributed by atoms with Gasteiger partial charge in [-0.25, -0.2) is 4.99 Å². The molecule has 0 spiro atoms. The molecule has 2 N–H and O–H groups in total. The van der Waals surface area contributed by atoms with E-state index in [-0.39, 0.29) is 31.2 Å². The number of carbonyl (C=O) groups excluding carboxylic acids is 1. The molecule has 12 nitrogen and oxygen atoms in total. The van der Waals surface area contributed by atoms with E-state index in [1.165, 1.54) is 0 Å². The zero-order valence-corrected chi connectivity index (χ0v) is 26.0. The Labute approximate surface area is 275 Å². The molecule has 0 saturated heterocycles. The number of aliphatic hydroxyl groups excluding tert-OH is 1. The summed E-state index contributed by atoms with van der Waals surface area (Å²) in [6.07, 6.45) is -0.0418. The van der Waals surface area contributed by atoms with Crippen LogP contribution in [0.2, 0.25) is 5.02 Å². The largest absolute Gasteiger partial charge is 0.494 e. The Morgan fingerprint density at radius 1 is 0.979 bits per heavy atom. The van der Waals surface area contributed by atoms with Crippen LogP contribution in [0.3, 0.4) is 0 Å². The van der Waals surface area contributed by atoms with Crippen LogP contribution in [-0.2, 0) is 22.4 Å². The van der Waals surface area contributed by atoms with Gasteiger partial charge in [0.15, 0.2) is 11.6 Å². The van der Waals surface area contributed by atoms with E-state index < -0.39 is 17.6 Å². The first-order valence-corrected chi connectivity index (χ1v) is 15.3. The highest BCUT2D eigenvalue weighted by Crippen LogP contribution is 2.46. The number of halogens is 1. The van der Waals surface area contributed by atoms with Crippen molar-refractivity contribution in [1.29, 1.82) is 0 Å². The minimum absolute atomic E-state index is 0.00762. The van der Waals surface area contributed by atoms with Crippen LogP contribution in [0.4, 0.5) is 11.4 Å². The first-order valence-electron chi connectivity index (χ1n) is 14.9. The Balaban J connectivity index is 1.60. The quantitative estimate of drug-likeness (QED) is 0.0611. The fourth-order valence-corrected chi connectivity index (χ4v) is 5.58.